The van der Waals surface area contributed by atoms with Crippen molar-refractivity contribution in [3.63, 3.8) is 0 Å². The molecule has 0 unspecified atom stereocenters. The van der Waals surface area contributed by atoms with Crippen LogP contribution in [-0.2, 0) is 6.54 Å². The van der Waals surface area contributed by atoms with Gasteiger partial charge >= 0.3 is 5.69 Å². The highest BCUT2D eigenvalue weighted by molar-refractivity contribution is 5.35. The number of unbranched alkanes of at least 4 members (excludes halogenated alkanes) is 3. The van der Waals surface area contributed by atoms with Gasteiger partial charge in [-0.15, -0.1) is 5.10 Å². The first-order chi connectivity index (χ1) is 7.83. The molecule has 16 heavy (non-hydrogen) atoms. The van der Waals surface area contributed by atoms with Crippen LogP contribution in [-0.4, -0.2) is 14.2 Å². The van der Waals surface area contributed by atoms with Gasteiger partial charge in [-0.05, 0) is 18.6 Å². The average molecular weight is 219 g/mol. The highest BCUT2D eigenvalue weighted by atomic mass is 16.2. The molecule has 0 aliphatic carbocycles. The van der Waals surface area contributed by atoms with Gasteiger partial charge in [-0.2, -0.15) is 0 Å². The largest absolute Gasteiger partial charge is 0.350 e. The summed E-state index contributed by atoms with van der Waals surface area (Å²) in [5, 5.41) is 4.28. The topological polar surface area (TPSA) is 39.3 Å². The number of aryl methyl sites for hydroxylation is 1. The van der Waals surface area contributed by atoms with Crippen LogP contribution in [0.1, 0.15) is 32.6 Å². The van der Waals surface area contributed by atoms with E-state index in [0.717, 1.165) is 25.0 Å². The Labute approximate surface area is 94.5 Å². The Morgan fingerprint density at radius 1 is 1.25 bits per heavy atom. The molecule has 2 heterocycles. The van der Waals surface area contributed by atoms with Crippen LogP contribution in [0.5, 0.6) is 0 Å². The third-order valence-electron chi connectivity index (χ3n) is 2.71. The molecular weight excluding hydrogens is 202 g/mol. The lowest BCUT2D eigenvalue weighted by Gasteiger charge is -1.97. The maximum atomic E-state index is 11.9. The lowest BCUT2D eigenvalue weighted by Crippen LogP contribution is -2.21. The van der Waals surface area contributed by atoms with Gasteiger partial charge in [0.25, 0.3) is 0 Å². The zero-order valence-electron chi connectivity index (χ0n) is 9.59. The molecular formula is C12H17N3O. The van der Waals surface area contributed by atoms with Crippen molar-refractivity contribution in [3.8, 4) is 0 Å². The fraction of sp³-hybridized carbons (Fsp3) is 0.500. The van der Waals surface area contributed by atoms with Crippen molar-refractivity contribution >= 4 is 5.65 Å². The average Bonchev–Trinajstić information content (AvgIpc) is 2.63. The van der Waals surface area contributed by atoms with Gasteiger partial charge in [-0.1, -0.05) is 32.3 Å². The molecule has 0 aliphatic rings. The fourth-order valence-corrected chi connectivity index (χ4v) is 1.80. The van der Waals surface area contributed by atoms with E-state index in [1.54, 1.807) is 15.3 Å². The summed E-state index contributed by atoms with van der Waals surface area (Å²) < 4.78 is 3.14. The molecule has 0 bridgehead atoms. The first-order valence-electron chi connectivity index (χ1n) is 5.87. The van der Waals surface area contributed by atoms with Crippen LogP contribution in [0.15, 0.2) is 29.2 Å². The maximum Gasteiger partial charge on any atom is 0.350 e. The van der Waals surface area contributed by atoms with E-state index in [0.29, 0.717) is 0 Å². The summed E-state index contributed by atoms with van der Waals surface area (Å²) in [6.07, 6.45) is 6.38. The Bertz CT molecular complexity index is 512. The summed E-state index contributed by atoms with van der Waals surface area (Å²) in [5.41, 5.74) is 0.690. The predicted molar refractivity (Wildman–Crippen MR) is 63.6 cm³/mol. The monoisotopic (exact) mass is 219 g/mol. The van der Waals surface area contributed by atoms with Gasteiger partial charge in [0.05, 0.1) is 0 Å². The quantitative estimate of drug-likeness (QED) is 0.722. The summed E-state index contributed by atoms with van der Waals surface area (Å²) in [5.74, 6) is 0. The number of fused-ring (bicyclic) bond motifs is 1. The molecule has 0 aromatic carbocycles. The Morgan fingerprint density at radius 2 is 2.12 bits per heavy atom. The molecule has 0 aliphatic heterocycles. The molecule has 2 aromatic heterocycles. The predicted octanol–water partition coefficient (Wildman–Crippen LogP) is 2.08. The van der Waals surface area contributed by atoms with Crippen LogP contribution < -0.4 is 5.69 Å². The second kappa shape index (κ2) is 4.96. The van der Waals surface area contributed by atoms with Crippen molar-refractivity contribution in [2.45, 2.75) is 39.2 Å². The van der Waals surface area contributed by atoms with E-state index in [2.05, 4.69) is 12.0 Å². The van der Waals surface area contributed by atoms with Crippen molar-refractivity contribution in [1.82, 2.24) is 14.2 Å². The van der Waals surface area contributed by atoms with E-state index in [-0.39, 0.29) is 5.69 Å². The molecule has 0 radical (unpaired) electrons. The number of aromatic nitrogens is 3. The molecule has 4 heteroatoms. The fourth-order valence-electron chi connectivity index (χ4n) is 1.80. The highest BCUT2D eigenvalue weighted by Gasteiger charge is 2.04. The minimum absolute atomic E-state index is 0.0351. The summed E-state index contributed by atoms with van der Waals surface area (Å²) in [6.45, 7) is 2.90. The minimum Gasteiger partial charge on any atom is -0.250 e. The van der Waals surface area contributed by atoms with Gasteiger partial charge < -0.3 is 0 Å². The molecule has 2 aromatic rings. The standard InChI is InChI=1S/C12H17N3O/c1-2-3-4-6-10-15-12(16)14-9-7-5-8-11(14)13-15/h5,7-9H,2-4,6,10H2,1H3. The SMILES string of the molecule is CCCCCCn1nc2ccccn2c1=O. The van der Waals surface area contributed by atoms with Crippen molar-refractivity contribution in [1.29, 1.82) is 0 Å². The van der Waals surface area contributed by atoms with E-state index in [1.165, 1.54) is 12.8 Å². The summed E-state index contributed by atoms with van der Waals surface area (Å²) >= 11 is 0. The molecule has 4 nitrogen and oxygen atoms in total. The molecule has 0 saturated carbocycles. The zero-order chi connectivity index (χ0) is 11.4. The van der Waals surface area contributed by atoms with E-state index in [1.807, 2.05) is 18.2 Å². The molecule has 86 valence electrons. The second-order valence-corrected chi connectivity index (χ2v) is 4.00. The second-order valence-electron chi connectivity index (χ2n) is 4.00. The first kappa shape index (κ1) is 10.9. The van der Waals surface area contributed by atoms with Crippen LogP contribution >= 0.6 is 0 Å². The highest BCUT2D eigenvalue weighted by Crippen LogP contribution is 2.01. The van der Waals surface area contributed by atoms with E-state index < -0.39 is 0 Å². The van der Waals surface area contributed by atoms with E-state index >= 15 is 0 Å². The number of hydrogen-bond acceptors (Lipinski definition) is 2. The van der Waals surface area contributed by atoms with Crippen LogP contribution in [0.3, 0.4) is 0 Å². The number of hydrogen-bond donors (Lipinski definition) is 0. The Balaban J connectivity index is 2.13. The molecule has 0 atom stereocenters. The lowest BCUT2D eigenvalue weighted by atomic mass is 10.2. The normalized spacial score (nSPS) is 11.1. The lowest BCUT2D eigenvalue weighted by molar-refractivity contribution is 0.528. The van der Waals surface area contributed by atoms with Crippen molar-refractivity contribution in [2.75, 3.05) is 0 Å². The summed E-state index contributed by atoms with van der Waals surface area (Å²) in [6, 6.07) is 5.59. The Kier molecular flexibility index (Phi) is 3.39. The van der Waals surface area contributed by atoms with Crippen molar-refractivity contribution < 1.29 is 0 Å². The Hall–Kier alpha value is -1.58. The van der Waals surface area contributed by atoms with E-state index in [4.69, 9.17) is 0 Å². The van der Waals surface area contributed by atoms with Gasteiger partial charge in [0.2, 0.25) is 0 Å². The van der Waals surface area contributed by atoms with Crippen LogP contribution in [0.4, 0.5) is 0 Å². The van der Waals surface area contributed by atoms with Crippen LogP contribution in [0.25, 0.3) is 5.65 Å². The number of pyridine rings is 1. The first-order valence-corrected chi connectivity index (χ1v) is 5.87. The summed E-state index contributed by atoms with van der Waals surface area (Å²) in [4.78, 5) is 11.9. The Morgan fingerprint density at radius 3 is 2.88 bits per heavy atom. The maximum absolute atomic E-state index is 11.9. The van der Waals surface area contributed by atoms with Crippen molar-refractivity contribution in [3.05, 3.63) is 34.9 Å². The third kappa shape index (κ3) is 2.15. The minimum atomic E-state index is -0.0351. The molecule has 2 rings (SSSR count). The van der Waals surface area contributed by atoms with Gasteiger partial charge in [0.15, 0.2) is 5.65 Å². The molecule has 0 N–H and O–H groups in total. The summed E-state index contributed by atoms with van der Waals surface area (Å²) in [7, 11) is 0. The number of rotatable bonds is 5. The molecule has 0 amide bonds. The van der Waals surface area contributed by atoms with Gasteiger partial charge in [-0.25, -0.2) is 9.48 Å². The van der Waals surface area contributed by atoms with Crippen LogP contribution in [0.2, 0.25) is 0 Å². The third-order valence-corrected chi connectivity index (χ3v) is 2.71. The van der Waals surface area contributed by atoms with Gasteiger partial charge in [0.1, 0.15) is 0 Å². The van der Waals surface area contributed by atoms with Gasteiger partial charge in [0, 0.05) is 12.7 Å². The smallest absolute Gasteiger partial charge is 0.250 e. The van der Waals surface area contributed by atoms with Crippen LogP contribution in [0, 0.1) is 0 Å². The molecule has 0 fully saturated rings. The van der Waals surface area contributed by atoms with Gasteiger partial charge in [-0.3, -0.25) is 4.40 Å². The van der Waals surface area contributed by atoms with Crippen molar-refractivity contribution in [2.24, 2.45) is 0 Å². The molecule has 0 spiro atoms. The zero-order valence-corrected chi connectivity index (χ0v) is 9.59. The number of nitrogens with zero attached hydrogens (tertiary/aromatic N) is 3. The molecule has 0 saturated heterocycles. The van der Waals surface area contributed by atoms with E-state index in [9.17, 15) is 4.79 Å².